The highest BCUT2D eigenvalue weighted by atomic mass is 19.4. The SMILES string of the molecule is Cc1ccc(C(F)(F)F)cc1NC(=O)N1CCCC(O)C1. The number of halogens is 3. The van der Waals surface area contributed by atoms with Gasteiger partial charge in [0.25, 0.3) is 0 Å². The molecule has 0 radical (unpaired) electrons. The Hall–Kier alpha value is -1.76. The van der Waals surface area contributed by atoms with Crippen molar-refractivity contribution in [3.05, 3.63) is 29.3 Å². The average Bonchev–Trinajstić information content (AvgIpc) is 2.40. The molecule has 7 heteroatoms. The van der Waals surface area contributed by atoms with Crippen molar-refractivity contribution in [3.8, 4) is 0 Å². The number of amides is 2. The van der Waals surface area contributed by atoms with E-state index < -0.39 is 23.9 Å². The van der Waals surface area contributed by atoms with Crippen LogP contribution >= 0.6 is 0 Å². The molecule has 1 atom stereocenters. The number of hydrogen-bond donors (Lipinski definition) is 2. The molecule has 21 heavy (non-hydrogen) atoms. The van der Waals surface area contributed by atoms with Gasteiger partial charge in [0.2, 0.25) is 0 Å². The third-order valence-electron chi connectivity index (χ3n) is 3.49. The number of alkyl halides is 3. The fraction of sp³-hybridized carbons (Fsp3) is 0.500. The fourth-order valence-electron chi connectivity index (χ4n) is 2.27. The lowest BCUT2D eigenvalue weighted by atomic mass is 10.1. The van der Waals surface area contributed by atoms with Gasteiger partial charge < -0.3 is 15.3 Å². The average molecular weight is 302 g/mol. The minimum atomic E-state index is -4.45. The van der Waals surface area contributed by atoms with Gasteiger partial charge in [-0.3, -0.25) is 0 Å². The molecule has 116 valence electrons. The minimum absolute atomic E-state index is 0.134. The number of aryl methyl sites for hydroxylation is 1. The van der Waals surface area contributed by atoms with E-state index in [1.54, 1.807) is 6.92 Å². The van der Waals surface area contributed by atoms with E-state index in [-0.39, 0.29) is 12.2 Å². The molecule has 0 saturated carbocycles. The standard InChI is InChI=1S/C14H17F3N2O2/c1-9-4-5-10(14(15,16)17)7-12(9)18-13(21)19-6-2-3-11(20)8-19/h4-5,7,11,20H,2-3,6,8H2,1H3,(H,18,21). The molecule has 1 aliphatic rings. The van der Waals surface area contributed by atoms with Crippen molar-refractivity contribution in [2.24, 2.45) is 0 Å². The predicted molar refractivity (Wildman–Crippen MR) is 72.0 cm³/mol. The number of β-amino-alcohol motifs (C(OH)–C–C–N with tert-alkyl or cyclic N) is 1. The largest absolute Gasteiger partial charge is 0.416 e. The second-order valence-corrected chi connectivity index (χ2v) is 5.20. The molecular weight excluding hydrogens is 285 g/mol. The second kappa shape index (κ2) is 5.93. The van der Waals surface area contributed by atoms with Crippen LogP contribution in [0.15, 0.2) is 18.2 Å². The van der Waals surface area contributed by atoms with E-state index in [9.17, 15) is 23.1 Å². The first-order valence-electron chi connectivity index (χ1n) is 6.69. The number of nitrogens with zero attached hydrogens (tertiary/aromatic N) is 1. The summed E-state index contributed by atoms with van der Waals surface area (Å²) in [5.74, 6) is 0. The number of benzene rings is 1. The number of carbonyl (C=O) groups excluding carboxylic acids is 1. The van der Waals surface area contributed by atoms with Crippen LogP contribution in [0, 0.1) is 6.92 Å². The molecule has 2 rings (SSSR count). The van der Waals surface area contributed by atoms with Crippen LogP contribution in [0.4, 0.5) is 23.7 Å². The Morgan fingerprint density at radius 3 is 2.76 bits per heavy atom. The predicted octanol–water partition coefficient (Wildman–Crippen LogP) is 3.00. The number of piperidine rings is 1. The Balaban J connectivity index is 2.13. The van der Waals surface area contributed by atoms with Crippen LogP contribution in [0.1, 0.15) is 24.0 Å². The molecular formula is C14H17F3N2O2. The molecule has 1 unspecified atom stereocenters. The lowest BCUT2D eigenvalue weighted by molar-refractivity contribution is -0.137. The van der Waals surface area contributed by atoms with Gasteiger partial charge in [0.05, 0.1) is 11.7 Å². The van der Waals surface area contributed by atoms with Gasteiger partial charge in [-0.1, -0.05) is 6.07 Å². The van der Waals surface area contributed by atoms with Gasteiger partial charge in [0.15, 0.2) is 0 Å². The number of urea groups is 1. The number of nitrogens with one attached hydrogen (secondary N) is 1. The first-order valence-corrected chi connectivity index (χ1v) is 6.69. The second-order valence-electron chi connectivity index (χ2n) is 5.20. The number of rotatable bonds is 1. The van der Waals surface area contributed by atoms with Crippen LogP contribution < -0.4 is 5.32 Å². The van der Waals surface area contributed by atoms with E-state index in [4.69, 9.17) is 0 Å². The quantitative estimate of drug-likeness (QED) is 0.838. The first kappa shape index (κ1) is 15.6. The van der Waals surface area contributed by atoms with E-state index in [2.05, 4.69) is 5.32 Å². The topological polar surface area (TPSA) is 52.6 Å². The minimum Gasteiger partial charge on any atom is -0.391 e. The van der Waals surface area contributed by atoms with E-state index in [1.165, 1.54) is 11.0 Å². The lowest BCUT2D eigenvalue weighted by Gasteiger charge is -2.30. The van der Waals surface area contributed by atoms with Gasteiger partial charge in [0.1, 0.15) is 0 Å². The molecule has 2 N–H and O–H groups in total. The Morgan fingerprint density at radius 1 is 1.43 bits per heavy atom. The van der Waals surface area contributed by atoms with Crippen LogP contribution in [-0.2, 0) is 6.18 Å². The Bertz CT molecular complexity index is 531. The summed E-state index contributed by atoms with van der Waals surface area (Å²) in [6.07, 6.45) is -3.72. The summed E-state index contributed by atoms with van der Waals surface area (Å²) in [4.78, 5) is 13.5. The summed E-state index contributed by atoms with van der Waals surface area (Å²) in [6, 6.07) is 2.74. The smallest absolute Gasteiger partial charge is 0.391 e. The monoisotopic (exact) mass is 302 g/mol. The Kier molecular flexibility index (Phi) is 4.41. The maximum Gasteiger partial charge on any atom is 0.416 e. The molecule has 0 spiro atoms. The van der Waals surface area contributed by atoms with E-state index in [0.717, 1.165) is 12.1 Å². The number of carbonyl (C=O) groups is 1. The van der Waals surface area contributed by atoms with Crippen molar-refractivity contribution in [1.82, 2.24) is 4.90 Å². The molecule has 1 aliphatic heterocycles. The maximum absolute atomic E-state index is 12.7. The maximum atomic E-state index is 12.7. The molecule has 0 bridgehead atoms. The van der Waals surface area contributed by atoms with Crippen LogP contribution in [0.3, 0.4) is 0 Å². The van der Waals surface area contributed by atoms with Gasteiger partial charge in [-0.05, 0) is 37.5 Å². The zero-order valence-corrected chi connectivity index (χ0v) is 11.6. The number of aliphatic hydroxyl groups is 1. The van der Waals surface area contributed by atoms with E-state index in [1.807, 2.05) is 0 Å². The molecule has 4 nitrogen and oxygen atoms in total. The van der Waals surface area contributed by atoms with E-state index >= 15 is 0 Å². The molecule has 1 saturated heterocycles. The summed E-state index contributed by atoms with van der Waals surface area (Å²) in [5, 5.41) is 12.0. The summed E-state index contributed by atoms with van der Waals surface area (Å²) < 4.78 is 38.1. The zero-order chi connectivity index (χ0) is 15.6. The van der Waals surface area contributed by atoms with Crippen LogP contribution in [0.2, 0.25) is 0 Å². The fourth-order valence-corrected chi connectivity index (χ4v) is 2.27. The van der Waals surface area contributed by atoms with Crippen molar-refractivity contribution in [2.75, 3.05) is 18.4 Å². The molecule has 1 heterocycles. The van der Waals surface area contributed by atoms with Crippen molar-refractivity contribution in [1.29, 1.82) is 0 Å². The highest BCUT2D eigenvalue weighted by Crippen LogP contribution is 2.32. The van der Waals surface area contributed by atoms with Gasteiger partial charge in [0, 0.05) is 18.8 Å². The lowest BCUT2D eigenvalue weighted by Crippen LogP contribution is -2.44. The number of hydrogen-bond acceptors (Lipinski definition) is 2. The van der Waals surface area contributed by atoms with Crippen molar-refractivity contribution in [2.45, 2.75) is 32.0 Å². The van der Waals surface area contributed by atoms with Gasteiger partial charge in [-0.25, -0.2) is 4.79 Å². The highest BCUT2D eigenvalue weighted by Gasteiger charge is 2.31. The van der Waals surface area contributed by atoms with Gasteiger partial charge in [-0.2, -0.15) is 13.2 Å². The third-order valence-corrected chi connectivity index (χ3v) is 3.49. The van der Waals surface area contributed by atoms with Crippen molar-refractivity contribution >= 4 is 11.7 Å². The zero-order valence-electron chi connectivity index (χ0n) is 11.6. The van der Waals surface area contributed by atoms with E-state index in [0.29, 0.717) is 24.9 Å². The van der Waals surface area contributed by atoms with Crippen LogP contribution in [0.5, 0.6) is 0 Å². The molecule has 1 aromatic rings. The summed E-state index contributed by atoms with van der Waals surface area (Å²) in [5.41, 5.74) is -0.120. The summed E-state index contributed by atoms with van der Waals surface area (Å²) >= 11 is 0. The highest BCUT2D eigenvalue weighted by molar-refractivity contribution is 5.90. The molecule has 0 aliphatic carbocycles. The molecule has 0 aromatic heterocycles. The van der Waals surface area contributed by atoms with Crippen molar-refractivity contribution in [3.63, 3.8) is 0 Å². The number of anilines is 1. The summed E-state index contributed by atoms with van der Waals surface area (Å²) in [7, 11) is 0. The van der Waals surface area contributed by atoms with Crippen LogP contribution in [0.25, 0.3) is 0 Å². The Labute approximate surface area is 120 Å². The van der Waals surface area contributed by atoms with Gasteiger partial charge in [-0.15, -0.1) is 0 Å². The van der Waals surface area contributed by atoms with Crippen LogP contribution in [-0.4, -0.2) is 35.2 Å². The molecule has 1 aromatic carbocycles. The summed E-state index contributed by atoms with van der Waals surface area (Å²) in [6.45, 7) is 2.31. The number of likely N-dealkylation sites (tertiary alicyclic amines) is 1. The Morgan fingerprint density at radius 2 is 2.14 bits per heavy atom. The van der Waals surface area contributed by atoms with Crippen molar-refractivity contribution < 1.29 is 23.1 Å². The normalized spacial score (nSPS) is 19.5. The first-order chi connectivity index (χ1) is 9.77. The third kappa shape index (κ3) is 3.87. The molecule has 2 amide bonds. The number of aliphatic hydroxyl groups excluding tert-OH is 1. The van der Waals surface area contributed by atoms with Gasteiger partial charge >= 0.3 is 12.2 Å². The molecule has 1 fully saturated rings.